The van der Waals surface area contributed by atoms with E-state index < -0.39 is 0 Å². The minimum absolute atomic E-state index is 0.0850. The molecule has 0 spiro atoms. The van der Waals surface area contributed by atoms with Crippen LogP contribution >= 0.6 is 15.9 Å². The second kappa shape index (κ2) is 22.9. The average Bonchev–Trinajstić information content (AvgIpc) is 3.37. The van der Waals surface area contributed by atoms with Crippen LogP contribution in [-0.2, 0) is 26.4 Å². The Morgan fingerprint density at radius 2 is 0.923 bits per heavy atom. The summed E-state index contributed by atoms with van der Waals surface area (Å²) in [6, 6.07) is 67.9. The highest BCUT2D eigenvalue weighted by molar-refractivity contribution is 9.10. The number of benzene rings is 8. The van der Waals surface area contributed by atoms with Crippen LogP contribution in [0.5, 0.6) is 34.5 Å². The second-order valence-corrected chi connectivity index (χ2v) is 16.3. The maximum atomic E-state index is 6.37. The predicted molar refractivity (Wildman–Crippen MR) is 261 cm³/mol. The number of halogens is 1. The average molecular weight is 928 g/mol. The van der Waals surface area contributed by atoms with Gasteiger partial charge in [-0.2, -0.15) is 0 Å². The molecule has 2 atom stereocenters. The largest absolute Gasteiger partial charge is 0.490 e. The first-order chi connectivity index (χ1) is 32.0. The van der Waals surface area contributed by atoms with Gasteiger partial charge in [-0.1, -0.05) is 146 Å². The standard InChI is InChI=1S/C28H26BrNO3.C28H25NO3/c29-26-16-15-25(32-19-22-9-5-2-6-10-22)17-28(26)33-20-27(30)23-11-13-24(14-12-23)31-18-21-7-3-1-4-8-21;1-3-7-21(8-4-1)18-30-24-13-11-23(12-14-24)27-20-32-28-17-25(15-16-26(28)29-27)31-19-22-9-5-2-6-10-22/h1-17,27H,18-20,30H2;1-17,27,29H,18-20H2/t2*27-/m00/s1. The summed E-state index contributed by atoms with van der Waals surface area (Å²) in [5.41, 5.74) is 14.0. The summed E-state index contributed by atoms with van der Waals surface area (Å²) in [4.78, 5) is 0. The highest BCUT2D eigenvalue weighted by atomic mass is 79.9. The van der Waals surface area contributed by atoms with Gasteiger partial charge >= 0.3 is 0 Å². The van der Waals surface area contributed by atoms with Crippen LogP contribution in [0.1, 0.15) is 45.5 Å². The fourth-order valence-corrected chi connectivity index (χ4v) is 7.31. The zero-order valence-electron chi connectivity index (χ0n) is 35.9. The molecule has 1 aliphatic heterocycles. The minimum atomic E-state index is -0.269. The molecule has 9 rings (SSSR count). The van der Waals surface area contributed by atoms with Crippen LogP contribution in [0.2, 0.25) is 0 Å². The molecule has 3 N–H and O–H groups in total. The van der Waals surface area contributed by atoms with E-state index in [0.717, 1.165) is 72.3 Å². The lowest BCUT2D eigenvalue weighted by Crippen LogP contribution is -2.23. The van der Waals surface area contributed by atoms with Crippen molar-refractivity contribution in [3.63, 3.8) is 0 Å². The van der Waals surface area contributed by atoms with E-state index in [4.69, 9.17) is 34.2 Å². The fourth-order valence-electron chi connectivity index (χ4n) is 6.94. The van der Waals surface area contributed by atoms with E-state index in [1.807, 2.05) is 170 Å². The molecule has 1 aliphatic rings. The number of hydrogen-bond donors (Lipinski definition) is 2. The number of nitrogens with one attached hydrogen (secondary N) is 1. The van der Waals surface area contributed by atoms with Crippen LogP contribution in [0.15, 0.2) is 211 Å². The van der Waals surface area contributed by atoms with Gasteiger partial charge in [0.15, 0.2) is 0 Å². The zero-order valence-corrected chi connectivity index (χ0v) is 37.5. The molecule has 0 bridgehead atoms. The SMILES string of the molecule is N[C@@H](COc1cc(OCc2ccccc2)ccc1Br)c1ccc(OCc2ccccc2)cc1.c1ccc(COc2ccc([C@@H]3COc4cc(OCc5ccccc5)ccc4N3)cc2)cc1. The summed E-state index contributed by atoms with van der Waals surface area (Å²) < 4.78 is 36.5. The first kappa shape index (κ1) is 44.4. The lowest BCUT2D eigenvalue weighted by atomic mass is 10.1. The van der Waals surface area contributed by atoms with E-state index in [9.17, 15) is 0 Å². The molecule has 9 heteroatoms. The van der Waals surface area contributed by atoms with E-state index in [1.165, 1.54) is 0 Å². The van der Waals surface area contributed by atoms with Gasteiger partial charge in [-0.3, -0.25) is 0 Å². The zero-order chi connectivity index (χ0) is 44.5. The van der Waals surface area contributed by atoms with Crippen LogP contribution in [0.25, 0.3) is 0 Å². The van der Waals surface area contributed by atoms with Gasteiger partial charge in [0.1, 0.15) is 74.1 Å². The van der Waals surface area contributed by atoms with E-state index in [-0.39, 0.29) is 12.1 Å². The van der Waals surface area contributed by atoms with Crippen LogP contribution in [0, 0.1) is 0 Å². The smallest absolute Gasteiger partial charge is 0.146 e. The van der Waals surface area contributed by atoms with E-state index in [2.05, 4.69) is 57.6 Å². The summed E-state index contributed by atoms with van der Waals surface area (Å²) in [6.45, 7) is 3.03. The van der Waals surface area contributed by atoms with Gasteiger partial charge in [0.05, 0.1) is 22.2 Å². The van der Waals surface area contributed by atoms with Gasteiger partial charge in [-0.05, 0) is 97.8 Å². The molecule has 8 aromatic carbocycles. The molecule has 0 saturated heterocycles. The first-order valence-corrected chi connectivity index (χ1v) is 22.4. The number of fused-ring (bicyclic) bond motifs is 1. The molecule has 8 nitrogen and oxygen atoms in total. The molecule has 0 saturated carbocycles. The van der Waals surface area contributed by atoms with Gasteiger partial charge in [0.25, 0.3) is 0 Å². The van der Waals surface area contributed by atoms with Crippen LogP contribution in [-0.4, -0.2) is 13.2 Å². The van der Waals surface area contributed by atoms with E-state index in [0.29, 0.717) is 45.4 Å². The van der Waals surface area contributed by atoms with Gasteiger partial charge in [0, 0.05) is 12.1 Å². The van der Waals surface area contributed by atoms with Crippen molar-refractivity contribution in [2.75, 3.05) is 18.5 Å². The quantitative estimate of drug-likeness (QED) is 0.0933. The highest BCUT2D eigenvalue weighted by Gasteiger charge is 2.21. The van der Waals surface area contributed by atoms with E-state index in [1.54, 1.807) is 0 Å². The first-order valence-electron chi connectivity index (χ1n) is 21.6. The van der Waals surface area contributed by atoms with E-state index >= 15 is 0 Å². The summed E-state index contributed by atoms with van der Waals surface area (Å²) in [6.07, 6.45) is 0. The Balaban J connectivity index is 0.000000177. The Kier molecular flexibility index (Phi) is 15.7. The van der Waals surface area contributed by atoms with Crippen LogP contribution in [0.3, 0.4) is 0 Å². The topological polar surface area (TPSA) is 93.4 Å². The molecule has 0 aliphatic carbocycles. The Morgan fingerprint density at radius 1 is 0.492 bits per heavy atom. The fraction of sp³-hybridized carbons (Fsp3) is 0.143. The van der Waals surface area contributed by atoms with Crippen molar-refractivity contribution < 1.29 is 28.4 Å². The maximum absolute atomic E-state index is 6.37. The molecular weight excluding hydrogens is 877 g/mol. The number of anilines is 1. The van der Waals surface area contributed by atoms with Crippen molar-refractivity contribution in [2.45, 2.75) is 38.5 Å². The Morgan fingerprint density at radius 3 is 1.43 bits per heavy atom. The van der Waals surface area contributed by atoms with Gasteiger partial charge < -0.3 is 39.5 Å². The number of rotatable bonds is 17. The Bertz CT molecular complexity index is 2650. The predicted octanol–water partition coefficient (Wildman–Crippen LogP) is 13.1. The van der Waals surface area contributed by atoms with Crippen molar-refractivity contribution >= 4 is 21.6 Å². The molecular formula is C56H51BrN2O6. The van der Waals surface area contributed by atoms with Crippen molar-refractivity contribution in [3.05, 3.63) is 244 Å². The lowest BCUT2D eigenvalue weighted by molar-refractivity contribution is 0.277. The van der Waals surface area contributed by atoms with Crippen molar-refractivity contribution in [1.82, 2.24) is 0 Å². The minimum Gasteiger partial charge on any atom is -0.490 e. The molecule has 328 valence electrons. The van der Waals surface area contributed by atoms with Crippen LogP contribution < -0.4 is 39.5 Å². The number of ether oxygens (including phenoxy) is 6. The van der Waals surface area contributed by atoms with Crippen molar-refractivity contribution in [2.24, 2.45) is 5.73 Å². The molecule has 1 heterocycles. The third-order valence-electron chi connectivity index (χ3n) is 10.6. The monoisotopic (exact) mass is 926 g/mol. The third-order valence-corrected chi connectivity index (χ3v) is 11.2. The molecule has 8 aromatic rings. The van der Waals surface area contributed by atoms with Crippen molar-refractivity contribution in [1.29, 1.82) is 0 Å². The van der Waals surface area contributed by atoms with Gasteiger partial charge in [0.2, 0.25) is 0 Å². The lowest BCUT2D eigenvalue weighted by Gasteiger charge is -2.28. The van der Waals surface area contributed by atoms with Crippen molar-refractivity contribution in [3.8, 4) is 34.5 Å². The highest BCUT2D eigenvalue weighted by Crippen LogP contribution is 2.37. The molecule has 0 aromatic heterocycles. The maximum Gasteiger partial charge on any atom is 0.146 e. The summed E-state index contributed by atoms with van der Waals surface area (Å²) in [5, 5.41) is 3.57. The normalized spacial score (nSPS) is 13.0. The number of nitrogens with two attached hydrogens (primary N) is 1. The second-order valence-electron chi connectivity index (χ2n) is 15.4. The summed E-state index contributed by atoms with van der Waals surface area (Å²) in [5.74, 6) is 4.71. The Labute approximate surface area is 389 Å². The van der Waals surface area contributed by atoms with Crippen LogP contribution in [0.4, 0.5) is 5.69 Å². The summed E-state index contributed by atoms with van der Waals surface area (Å²) in [7, 11) is 0. The third kappa shape index (κ3) is 13.4. The molecule has 0 unspecified atom stereocenters. The molecule has 65 heavy (non-hydrogen) atoms. The number of hydrogen-bond acceptors (Lipinski definition) is 8. The molecule has 0 fully saturated rings. The van der Waals surface area contributed by atoms with Gasteiger partial charge in [-0.15, -0.1) is 0 Å². The van der Waals surface area contributed by atoms with Gasteiger partial charge in [-0.25, -0.2) is 0 Å². The molecule has 0 radical (unpaired) electrons. The Hall–Kier alpha value is -7.20. The summed E-state index contributed by atoms with van der Waals surface area (Å²) >= 11 is 3.54. The molecule has 0 amide bonds.